The first-order valence-corrected chi connectivity index (χ1v) is 7.71. The molecule has 0 unspecified atom stereocenters. The van der Waals surface area contributed by atoms with Gasteiger partial charge in [-0.2, -0.15) is 10.2 Å². The lowest BCUT2D eigenvalue weighted by molar-refractivity contribution is 0.577. The molecule has 0 bridgehead atoms. The molecule has 8 heteroatoms. The summed E-state index contributed by atoms with van der Waals surface area (Å²) < 4.78 is 26.4. The number of nitrogens with zero attached hydrogens (tertiary/aromatic N) is 2. The zero-order chi connectivity index (χ0) is 14.7. The third kappa shape index (κ3) is 3.01. The highest BCUT2D eigenvalue weighted by molar-refractivity contribution is 7.89. The monoisotopic (exact) mass is 303 g/mol. The average Bonchev–Trinajstić information content (AvgIpc) is 3.19. The van der Waals surface area contributed by atoms with Gasteiger partial charge in [0.1, 0.15) is 0 Å². The molecule has 0 atom stereocenters. The highest BCUT2D eigenvalue weighted by atomic mass is 32.2. The number of H-pyrrole nitrogens is 2. The van der Waals surface area contributed by atoms with Gasteiger partial charge in [-0.1, -0.05) is 24.3 Å². The number of hydrogen-bond donors (Lipinski definition) is 3. The molecular formula is C13H13N5O2S. The van der Waals surface area contributed by atoms with Crippen LogP contribution in [0, 0.1) is 0 Å². The van der Waals surface area contributed by atoms with E-state index in [1.807, 2.05) is 30.3 Å². The first kappa shape index (κ1) is 13.5. The van der Waals surface area contributed by atoms with Gasteiger partial charge in [-0.25, -0.2) is 13.1 Å². The molecule has 3 N–H and O–H groups in total. The Morgan fingerprint density at radius 1 is 0.952 bits per heavy atom. The summed E-state index contributed by atoms with van der Waals surface area (Å²) in [6, 6.07) is 10.8. The van der Waals surface area contributed by atoms with Gasteiger partial charge < -0.3 is 0 Å². The fourth-order valence-electron chi connectivity index (χ4n) is 1.87. The first-order valence-electron chi connectivity index (χ1n) is 6.23. The molecule has 0 radical (unpaired) electrons. The second-order valence-corrected chi connectivity index (χ2v) is 6.15. The molecule has 0 aliphatic carbocycles. The molecular weight excluding hydrogens is 290 g/mol. The number of nitrogens with one attached hydrogen (secondary N) is 3. The Kier molecular flexibility index (Phi) is 3.55. The Morgan fingerprint density at radius 2 is 1.67 bits per heavy atom. The summed E-state index contributed by atoms with van der Waals surface area (Å²) in [6.07, 6.45) is 3.08. The fourth-order valence-corrected chi connectivity index (χ4v) is 2.79. The fraction of sp³-hybridized carbons (Fsp3) is 0.0769. The zero-order valence-electron chi connectivity index (χ0n) is 10.9. The molecule has 0 saturated carbocycles. The summed E-state index contributed by atoms with van der Waals surface area (Å²) in [7, 11) is -3.55. The summed E-state index contributed by atoms with van der Waals surface area (Å²) >= 11 is 0. The van der Waals surface area contributed by atoms with E-state index in [0.29, 0.717) is 0 Å². The molecule has 0 fully saturated rings. The van der Waals surface area contributed by atoms with Gasteiger partial charge in [0.2, 0.25) is 0 Å². The molecule has 0 aliphatic heterocycles. The number of hydrogen-bond acceptors (Lipinski definition) is 4. The molecule has 7 nitrogen and oxygen atoms in total. The number of aromatic nitrogens is 4. The van der Waals surface area contributed by atoms with Crippen molar-refractivity contribution in [1.82, 2.24) is 25.1 Å². The van der Waals surface area contributed by atoms with Crippen molar-refractivity contribution >= 4 is 10.0 Å². The average molecular weight is 303 g/mol. The highest BCUT2D eigenvalue weighted by Gasteiger charge is 2.14. The topological polar surface area (TPSA) is 104 Å². The largest absolute Gasteiger partial charge is 0.278 e. The Bertz CT molecular complexity index is 793. The van der Waals surface area contributed by atoms with Crippen LogP contribution in [0.4, 0.5) is 0 Å². The standard InChI is InChI=1S/C13H13N5O2S/c19-21(20,13-6-8-15-18-13)16-9-10-1-3-11(4-2-10)12-5-7-14-17-12/h1-8,16H,9H2,(H,14,17)(H,15,18). The third-order valence-electron chi connectivity index (χ3n) is 3.00. The number of rotatable bonds is 5. The summed E-state index contributed by atoms with van der Waals surface area (Å²) in [5.41, 5.74) is 2.77. The third-order valence-corrected chi connectivity index (χ3v) is 4.33. The van der Waals surface area contributed by atoms with Crippen molar-refractivity contribution in [3.8, 4) is 11.3 Å². The Labute approximate surface area is 121 Å². The molecule has 21 heavy (non-hydrogen) atoms. The highest BCUT2D eigenvalue weighted by Crippen LogP contribution is 2.16. The summed E-state index contributed by atoms with van der Waals surface area (Å²) in [4.78, 5) is 0. The molecule has 2 heterocycles. The van der Waals surface area contributed by atoms with Crippen molar-refractivity contribution in [2.45, 2.75) is 11.6 Å². The minimum absolute atomic E-state index is 0.0524. The van der Waals surface area contributed by atoms with E-state index in [-0.39, 0.29) is 11.6 Å². The smallest absolute Gasteiger partial charge is 0.257 e. The van der Waals surface area contributed by atoms with Crippen LogP contribution in [0.15, 0.2) is 53.8 Å². The van der Waals surface area contributed by atoms with E-state index in [9.17, 15) is 8.42 Å². The lowest BCUT2D eigenvalue weighted by Gasteiger charge is -2.05. The predicted octanol–water partition coefficient (Wildman–Crippen LogP) is 1.28. The Hall–Kier alpha value is -2.45. The molecule has 2 aromatic heterocycles. The van der Waals surface area contributed by atoms with E-state index in [2.05, 4.69) is 25.1 Å². The van der Waals surface area contributed by atoms with Crippen molar-refractivity contribution in [3.05, 3.63) is 54.4 Å². The quantitative estimate of drug-likeness (QED) is 0.660. The second kappa shape index (κ2) is 5.51. The van der Waals surface area contributed by atoms with Crippen LogP contribution in [0.2, 0.25) is 0 Å². The lowest BCUT2D eigenvalue weighted by Crippen LogP contribution is -2.23. The van der Waals surface area contributed by atoms with Crippen LogP contribution in [0.25, 0.3) is 11.3 Å². The summed E-state index contributed by atoms with van der Waals surface area (Å²) in [6.45, 7) is 0.213. The minimum atomic E-state index is -3.55. The Morgan fingerprint density at radius 3 is 2.29 bits per heavy atom. The first-order chi connectivity index (χ1) is 10.1. The zero-order valence-corrected chi connectivity index (χ0v) is 11.8. The molecule has 1 aromatic carbocycles. The van der Waals surface area contributed by atoms with Gasteiger partial charge in [-0.05, 0) is 23.3 Å². The van der Waals surface area contributed by atoms with Crippen LogP contribution in [-0.2, 0) is 16.6 Å². The SMILES string of the molecule is O=S(=O)(NCc1ccc(-c2ccn[nH]2)cc1)c1ccn[nH]1. The van der Waals surface area contributed by atoms with E-state index in [0.717, 1.165) is 16.8 Å². The minimum Gasteiger partial charge on any atom is -0.278 e. The maximum Gasteiger partial charge on any atom is 0.257 e. The number of sulfonamides is 1. The maximum atomic E-state index is 11.9. The van der Waals surface area contributed by atoms with Crippen molar-refractivity contribution in [2.24, 2.45) is 0 Å². The van der Waals surface area contributed by atoms with Crippen LogP contribution in [0.5, 0.6) is 0 Å². The molecule has 0 amide bonds. The van der Waals surface area contributed by atoms with Crippen LogP contribution in [0.3, 0.4) is 0 Å². The van der Waals surface area contributed by atoms with Crippen molar-refractivity contribution < 1.29 is 8.42 Å². The van der Waals surface area contributed by atoms with Gasteiger partial charge in [0.15, 0.2) is 5.03 Å². The van der Waals surface area contributed by atoms with E-state index in [1.54, 1.807) is 6.20 Å². The normalized spacial score (nSPS) is 11.6. The van der Waals surface area contributed by atoms with Gasteiger partial charge in [-0.15, -0.1) is 0 Å². The predicted molar refractivity (Wildman–Crippen MR) is 76.6 cm³/mol. The maximum absolute atomic E-state index is 11.9. The molecule has 108 valence electrons. The van der Waals surface area contributed by atoms with E-state index in [1.165, 1.54) is 12.3 Å². The van der Waals surface area contributed by atoms with Crippen molar-refractivity contribution in [3.63, 3.8) is 0 Å². The van der Waals surface area contributed by atoms with Gasteiger partial charge in [-0.3, -0.25) is 10.2 Å². The number of aromatic amines is 2. The van der Waals surface area contributed by atoms with Crippen LogP contribution in [0.1, 0.15) is 5.56 Å². The van der Waals surface area contributed by atoms with Crippen LogP contribution >= 0.6 is 0 Å². The van der Waals surface area contributed by atoms with Crippen molar-refractivity contribution in [2.75, 3.05) is 0 Å². The lowest BCUT2D eigenvalue weighted by atomic mass is 10.1. The van der Waals surface area contributed by atoms with Gasteiger partial charge in [0, 0.05) is 12.7 Å². The second-order valence-electron chi connectivity index (χ2n) is 4.41. The molecule has 3 rings (SSSR count). The van der Waals surface area contributed by atoms with Crippen LogP contribution < -0.4 is 4.72 Å². The number of benzene rings is 1. The van der Waals surface area contributed by atoms with E-state index < -0.39 is 10.0 Å². The van der Waals surface area contributed by atoms with E-state index >= 15 is 0 Å². The van der Waals surface area contributed by atoms with Gasteiger partial charge in [0.25, 0.3) is 10.0 Å². The van der Waals surface area contributed by atoms with Gasteiger partial charge >= 0.3 is 0 Å². The molecule has 3 aromatic rings. The molecule has 0 saturated heterocycles. The van der Waals surface area contributed by atoms with Gasteiger partial charge in [0.05, 0.1) is 11.9 Å². The Balaban J connectivity index is 1.69. The van der Waals surface area contributed by atoms with Crippen LogP contribution in [-0.4, -0.2) is 28.8 Å². The summed E-state index contributed by atoms with van der Waals surface area (Å²) in [5.74, 6) is 0. The molecule has 0 aliphatic rings. The molecule has 0 spiro atoms. The van der Waals surface area contributed by atoms with Crippen molar-refractivity contribution in [1.29, 1.82) is 0 Å². The summed E-state index contributed by atoms with van der Waals surface area (Å²) in [5, 5.41) is 12.9. The van der Waals surface area contributed by atoms with E-state index in [4.69, 9.17) is 0 Å².